The SMILES string of the molecule is C1=CC2=C(c3ccc(-c4cccc5ccccc45)cc3)c3ccccc3C(c3ccccc3)C2C=C1. The summed E-state index contributed by atoms with van der Waals surface area (Å²) in [5.41, 5.74) is 10.7. The van der Waals surface area contributed by atoms with Crippen LogP contribution in [-0.2, 0) is 0 Å². The van der Waals surface area contributed by atoms with Crippen molar-refractivity contribution in [3.05, 3.63) is 173 Å². The van der Waals surface area contributed by atoms with Crippen molar-refractivity contribution in [3.63, 3.8) is 0 Å². The van der Waals surface area contributed by atoms with Crippen molar-refractivity contribution in [1.82, 2.24) is 0 Å². The Kier molecular flexibility index (Phi) is 5.03. The van der Waals surface area contributed by atoms with Crippen LogP contribution in [0.25, 0.3) is 27.5 Å². The van der Waals surface area contributed by atoms with Gasteiger partial charge in [-0.15, -0.1) is 0 Å². The van der Waals surface area contributed by atoms with Gasteiger partial charge < -0.3 is 0 Å². The van der Waals surface area contributed by atoms with Crippen LogP contribution in [0, 0.1) is 5.92 Å². The van der Waals surface area contributed by atoms with Gasteiger partial charge in [-0.25, -0.2) is 0 Å². The second kappa shape index (κ2) is 8.66. The van der Waals surface area contributed by atoms with Gasteiger partial charge in [-0.2, -0.15) is 0 Å². The van der Waals surface area contributed by atoms with Gasteiger partial charge in [0.25, 0.3) is 0 Å². The number of hydrogen-bond donors (Lipinski definition) is 0. The molecule has 0 aliphatic heterocycles. The third-order valence-corrected chi connectivity index (χ3v) is 7.71. The standard InChI is InChI=1S/C36H26/c1-2-12-27(13-3-1)35-31-16-6-8-18-33(31)36(34-19-9-7-17-32(34)35)28-23-21-26(22-24-28)30-20-10-14-25-11-4-5-15-29(25)30/h1-24,31,35H. The maximum absolute atomic E-state index is 2.38. The molecule has 2 atom stereocenters. The predicted octanol–water partition coefficient (Wildman–Crippen LogP) is 9.20. The highest BCUT2D eigenvalue weighted by molar-refractivity contribution is 5.97. The zero-order chi connectivity index (χ0) is 23.9. The summed E-state index contributed by atoms with van der Waals surface area (Å²) in [5, 5.41) is 2.57. The van der Waals surface area contributed by atoms with E-state index in [2.05, 4.69) is 146 Å². The average molecular weight is 459 g/mol. The van der Waals surface area contributed by atoms with E-state index in [4.69, 9.17) is 0 Å². The molecule has 0 heteroatoms. The topological polar surface area (TPSA) is 0 Å². The van der Waals surface area contributed by atoms with Crippen LogP contribution in [0.1, 0.15) is 28.2 Å². The summed E-state index contributed by atoms with van der Waals surface area (Å²) in [6.07, 6.45) is 9.10. The summed E-state index contributed by atoms with van der Waals surface area (Å²) in [6.45, 7) is 0. The third kappa shape index (κ3) is 3.38. The Morgan fingerprint density at radius 2 is 1.19 bits per heavy atom. The maximum atomic E-state index is 2.38. The first-order valence-corrected chi connectivity index (χ1v) is 12.7. The lowest BCUT2D eigenvalue weighted by molar-refractivity contribution is 0.649. The predicted molar refractivity (Wildman–Crippen MR) is 152 cm³/mol. The van der Waals surface area contributed by atoms with Gasteiger partial charge in [0.1, 0.15) is 0 Å². The largest absolute Gasteiger partial charge is 0.0760 e. The first-order valence-electron chi connectivity index (χ1n) is 12.7. The number of fused-ring (bicyclic) bond motifs is 3. The summed E-state index contributed by atoms with van der Waals surface area (Å²) < 4.78 is 0. The highest BCUT2D eigenvalue weighted by Crippen LogP contribution is 2.50. The monoisotopic (exact) mass is 458 g/mol. The normalized spacial score (nSPS) is 18.2. The Balaban J connectivity index is 1.38. The van der Waals surface area contributed by atoms with Gasteiger partial charge in [0.05, 0.1) is 0 Å². The van der Waals surface area contributed by atoms with Crippen molar-refractivity contribution < 1.29 is 0 Å². The molecule has 5 aromatic rings. The molecule has 0 saturated carbocycles. The van der Waals surface area contributed by atoms with E-state index in [1.54, 1.807) is 0 Å². The van der Waals surface area contributed by atoms with Crippen molar-refractivity contribution in [1.29, 1.82) is 0 Å². The van der Waals surface area contributed by atoms with Crippen LogP contribution in [0.15, 0.2) is 151 Å². The Labute approximate surface area is 212 Å². The maximum Gasteiger partial charge on any atom is 0.0199 e. The molecule has 0 radical (unpaired) electrons. The Morgan fingerprint density at radius 1 is 0.500 bits per heavy atom. The summed E-state index contributed by atoms with van der Waals surface area (Å²) in [6, 6.07) is 44.3. The molecule has 0 amide bonds. The number of benzene rings is 5. The van der Waals surface area contributed by atoms with Crippen LogP contribution in [-0.4, -0.2) is 0 Å². The number of allylic oxidation sites excluding steroid dienone is 5. The van der Waals surface area contributed by atoms with Crippen LogP contribution >= 0.6 is 0 Å². The summed E-state index contributed by atoms with van der Waals surface area (Å²) >= 11 is 0. The van der Waals surface area contributed by atoms with E-state index in [9.17, 15) is 0 Å². The fraction of sp³-hybridized carbons (Fsp3) is 0.0556. The van der Waals surface area contributed by atoms with Gasteiger partial charge in [0, 0.05) is 11.8 Å². The van der Waals surface area contributed by atoms with Crippen molar-refractivity contribution >= 4 is 16.3 Å². The van der Waals surface area contributed by atoms with Crippen LogP contribution in [0.4, 0.5) is 0 Å². The van der Waals surface area contributed by atoms with Crippen molar-refractivity contribution in [3.8, 4) is 11.1 Å². The molecule has 0 bridgehead atoms. The molecule has 170 valence electrons. The number of hydrogen-bond acceptors (Lipinski definition) is 0. The third-order valence-electron chi connectivity index (χ3n) is 7.71. The molecule has 2 aliphatic carbocycles. The van der Waals surface area contributed by atoms with Crippen molar-refractivity contribution in [2.75, 3.05) is 0 Å². The fourth-order valence-electron chi connectivity index (χ4n) is 6.11. The molecule has 0 nitrogen and oxygen atoms in total. The van der Waals surface area contributed by atoms with E-state index in [1.165, 1.54) is 55.3 Å². The second-order valence-corrected chi connectivity index (χ2v) is 9.68. The molecule has 5 aromatic carbocycles. The zero-order valence-corrected chi connectivity index (χ0v) is 20.0. The molecule has 2 unspecified atom stereocenters. The van der Waals surface area contributed by atoms with Gasteiger partial charge in [0.15, 0.2) is 0 Å². The minimum absolute atomic E-state index is 0.317. The zero-order valence-electron chi connectivity index (χ0n) is 20.0. The van der Waals surface area contributed by atoms with Crippen LogP contribution in [0.2, 0.25) is 0 Å². The van der Waals surface area contributed by atoms with E-state index >= 15 is 0 Å². The molecule has 2 aliphatic rings. The fourth-order valence-corrected chi connectivity index (χ4v) is 6.11. The lowest BCUT2D eigenvalue weighted by Crippen LogP contribution is -2.22. The van der Waals surface area contributed by atoms with Crippen LogP contribution < -0.4 is 0 Å². The van der Waals surface area contributed by atoms with Gasteiger partial charge in [-0.05, 0) is 55.3 Å². The Bertz CT molecular complexity index is 1660. The van der Waals surface area contributed by atoms with E-state index in [-0.39, 0.29) is 0 Å². The van der Waals surface area contributed by atoms with Crippen LogP contribution in [0.3, 0.4) is 0 Å². The smallest absolute Gasteiger partial charge is 0.0199 e. The molecule has 0 fully saturated rings. The van der Waals surface area contributed by atoms with Crippen LogP contribution in [0.5, 0.6) is 0 Å². The highest BCUT2D eigenvalue weighted by Gasteiger charge is 2.35. The lowest BCUT2D eigenvalue weighted by atomic mass is 9.66. The van der Waals surface area contributed by atoms with Gasteiger partial charge in [0.2, 0.25) is 0 Å². The van der Waals surface area contributed by atoms with E-state index in [0.717, 1.165) is 0 Å². The number of rotatable bonds is 3. The van der Waals surface area contributed by atoms with E-state index in [0.29, 0.717) is 11.8 Å². The molecule has 0 N–H and O–H groups in total. The van der Waals surface area contributed by atoms with E-state index in [1.807, 2.05) is 0 Å². The van der Waals surface area contributed by atoms with Gasteiger partial charge in [-0.1, -0.05) is 146 Å². The minimum Gasteiger partial charge on any atom is -0.0760 e. The van der Waals surface area contributed by atoms with Crippen molar-refractivity contribution in [2.24, 2.45) is 5.92 Å². The first kappa shape index (κ1) is 20.9. The van der Waals surface area contributed by atoms with E-state index < -0.39 is 0 Å². The molecule has 0 heterocycles. The molecule has 0 saturated heterocycles. The van der Waals surface area contributed by atoms with Gasteiger partial charge >= 0.3 is 0 Å². The summed E-state index contributed by atoms with van der Waals surface area (Å²) in [5.74, 6) is 0.636. The molecular formula is C36H26. The molecular weight excluding hydrogens is 432 g/mol. The molecule has 7 rings (SSSR count). The van der Waals surface area contributed by atoms with Gasteiger partial charge in [-0.3, -0.25) is 0 Å². The Morgan fingerprint density at radius 3 is 2.08 bits per heavy atom. The quantitative estimate of drug-likeness (QED) is 0.253. The Hall–Kier alpha value is -4.42. The van der Waals surface area contributed by atoms with Crippen molar-refractivity contribution in [2.45, 2.75) is 5.92 Å². The minimum atomic E-state index is 0.317. The second-order valence-electron chi connectivity index (χ2n) is 9.68. The summed E-state index contributed by atoms with van der Waals surface area (Å²) in [4.78, 5) is 0. The molecule has 0 aromatic heterocycles. The molecule has 0 spiro atoms. The highest BCUT2D eigenvalue weighted by atomic mass is 14.4. The summed E-state index contributed by atoms with van der Waals surface area (Å²) in [7, 11) is 0. The lowest BCUT2D eigenvalue weighted by Gasteiger charge is -2.36. The average Bonchev–Trinajstić information content (AvgIpc) is 2.96. The first-order chi connectivity index (χ1) is 17.9. The molecule has 36 heavy (non-hydrogen) atoms.